The minimum absolute atomic E-state index is 0.149. The molecule has 1 atom stereocenters. The number of carbonyl (C=O) groups excluding carboxylic acids is 3. The molecule has 2 aromatic rings. The summed E-state index contributed by atoms with van der Waals surface area (Å²) < 4.78 is 27.1. The number of amides is 3. The van der Waals surface area contributed by atoms with Crippen LogP contribution in [0.25, 0.3) is 0 Å². The van der Waals surface area contributed by atoms with Crippen molar-refractivity contribution in [1.29, 1.82) is 0 Å². The van der Waals surface area contributed by atoms with Crippen molar-refractivity contribution >= 4 is 27.7 Å². The zero-order chi connectivity index (χ0) is 23.0. The van der Waals surface area contributed by atoms with Crippen LogP contribution >= 0.6 is 0 Å². The molecular formula is C23H25N3O5S. The molecule has 1 unspecified atom stereocenters. The zero-order valence-electron chi connectivity index (χ0n) is 18.0. The molecule has 2 aliphatic heterocycles. The van der Waals surface area contributed by atoms with Crippen molar-refractivity contribution in [2.24, 2.45) is 5.92 Å². The summed E-state index contributed by atoms with van der Waals surface area (Å²) in [5.74, 6) is -1.58. The van der Waals surface area contributed by atoms with E-state index in [0.29, 0.717) is 11.1 Å². The molecule has 32 heavy (non-hydrogen) atoms. The van der Waals surface area contributed by atoms with Gasteiger partial charge in [0.2, 0.25) is 15.9 Å². The predicted molar refractivity (Wildman–Crippen MR) is 117 cm³/mol. The van der Waals surface area contributed by atoms with Gasteiger partial charge in [-0.15, -0.1) is 0 Å². The molecule has 1 fully saturated rings. The molecule has 8 nitrogen and oxygen atoms in total. The Morgan fingerprint density at radius 2 is 1.31 bits per heavy atom. The highest BCUT2D eigenvalue weighted by atomic mass is 32.2. The van der Waals surface area contributed by atoms with Crippen LogP contribution in [0, 0.1) is 5.92 Å². The lowest BCUT2D eigenvalue weighted by Crippen LogP contribution is -2.58. The molecule has 1 saturated heterocycles. The van der Waals surface area contributed by atoms with E-state index in [-0.39, 0.29) is 42.9 Å². The average Bonchev–Trinajstić information content (AvgIpc) is 3.05. The van der Waals surface area contributed by atoms with Crippen LogP contribution in [-0.4, -0.2) is 72.5 Å². The Morgan fingerprint density at radius 1 is 0.812 bits per heavy atom. The number of hydrogen-bond donors (Lipinski definition) is 0. The fourth-order valence-electron chi connectivity index (χ4n) is 4.23. The summed E-state index contributed by atoms with van der Waals surface area (Å²) in [6.45, 7) is 4.27. The fourth-order valence-corrected chi connectivity index (χ4v) is 5.67. The molecule has 168 valence electrons. The molecule has 0 spiro atoms. The second-order valence-corrected chi connectivity index (χ2v) is 10.2. The van der Waals surface area contributed by atoms with Gasteiger partial charge in [-0.3, -0.25) is 19.3 Å². The maximum Gasteiger partial charge on any atom is 0.262 e. The third kappa shape index (κ3) is 3.71. The maximum absolute atomic E-state index is 13.4. The van der Waals surface area contributed by atoms with Gasteiger partial charge in [0.1, 0.15) is 6.04 Å². The molecule has 0 aromatic heterocycles. The first kappa shape index (κ1) is 22.2. The van der Waals surface area contributed by atoms with E-state index in [4.69, 9.17) is 0 Å². The van der Waals surface area contributed by atoms with E-state index in [1.165, 1.54) is 4.31 Å². The molecule has 0 bridgehead atoms. The lowest BCUT2D eigenvalue weighted by atomic mass is 10.0. The zero-order valence-corrected chi connectivity index (χ0v) is 18.8. The molecule has 9 heteroatoms. The summed E-state index contributed by atoms with van der Waals surface area (Å²) in [6, 6.07) is 13.8. The summed E-state index contributed by atoms with van der Waals surface area (Å²) in [4.78, 5) is 42.1. The van der Waals surface area contributed by atoms with Crippen molar-refractivity contribution in [2.45, 2.75) is 24.8 Å². The second-order valence-electron chi connectivity index (χ2n) is 8.26. The van der Waals surface area contributed by atoms with Gasteiger partial charge >= 0.3 is 0 Å². The van der Waals surface area contributed by atoms with E-state index in [1.54, 1.807) is 73.3 Å². The highest BCUT2D eigenvalue weighted by Crippen LogP contribution is 2.28. The largest absolute Gasteiger partial charge is 0.338 e. The van der Waals surface area contributed by atoms with Crippen molar-refractivity contribution in [2.75, 3.05) is 26.2 Å². The van der Waals surface area contributed by atoms with E-state index >= 15 is 0 Å². The van der Waals surface area contributed by atoms with Gasteiger partial charge in [-0.2, -0.15) is 4.31 Å². The number of hydrogen-bond acceptors (Lipinski definition) is 5. The summed E-state index contributed by atoms with van der Waals surface area (Å²) in [6.07, 6.45) is 0. The minimum Gasteiger partial charge on any atom is -0.338 e. The van der Waals surface area contributed by atoms with Gasteiger partial charge in [0.05, 0.1) is 16.0 Å². The molecular weight excluding hydrogens is 430 g/mol. The smallest absolute Gasteiger partial charge is 0.262 e. The van der Waals surface area contributed by atoms with Crippen LogP contribution < -0.4 is 0 Å². The van der Waals surface area contributed by atoms with Crippen molar-refractivity contribution < 1.29 is 22.8 Å². The average molecular weight is 456 g/mol. The number of piperazine rings is 1. The molecule has 2 aliphatic rings. The fraction of sp³-hybridized carbons (Fsp3) is 0.348. The standard InChI is InChI=1S/C23H25N3O5S/c1-16(2)20(26-21(27)18-10-6-7-11-19(18)22(26)28)23(29)24-12-14-25(15-13-24)32(30,31)17-8-4-3-5-9-17/h3-11,16,20H,12-15H2,1-2H3. The Morgan fingerprint density at radius 3 is 1.81 bits per heavy atom. The van der Waals surface area contributed by atoms with Crippen LogP contribution in [0.4, 0.5) is 0 Å². The van der Waals surface area contributed by atoms with Crippen molar-refractivity contribution in [3.63, 3.8) is 0 Å². The monoisotopic (exact) mass is 455 g/mol. The van der Waals surface area contributed by atoms with Gasteiger partial charge in [0.25, 0.3) is 11.8 Å². The third-order valence-corrected chi connectivity index (χ3v) is 7.83. The summed E-state index contributed by atoms with van der Waals surface area (Å²) in [5, 5.41) is 0. The van der Waals surface area contributed by atoms with Gasteiger partial charge in [-0.25, -0.2) is 8.42 Å². The molecule has 0 saturated carbocycles. The van der Waals surface area contributed by atoms with Crippen LogP contribution in [0.15, 0.2) is 59.5 Å². The van der Waals surface area contributed by atoms with E-state index in [2.05, 4.69) is 0 Å². The topological polar surface area (TPSA) is 95.1 Å². The summed E-state index contributed by atoms with van der Waals surface area (Å²) >= 11 is 0. The highest BCUT2D eigenvalue weighted by Gasteiger charge is 2.45. The number of fused-ring (bicyclic) bond motifs is 1. The SMILES string of the molecule is CC(C)C(C(=O)N1CCN(S(=O)(=O)c2ccccc2)CC1)N1C(=O)c2ccccc2C1=O. The minimum atomic E-state index is -3.64. The Kier molecular flexibility index (Phi) is 5.87. The first-order valence-corrected chi connectivity index (χ1v) is 12.0. The van der Waals surface area contributed by atoms with Crippen LogP contribution in [0.5, 0.6) is 0 Å². The molecule has 2 heterocycles. The van der Waals surface area contributed by atoms with Crippen LogP contribution in [-0.2, 0) is 14.8 Å². The van der Waals surface area contributed by atoms with Crippen LogP contribution in [0.2, 0.25) is 0 Å². The molecule has 0 N–H and O–H groups in total. The van der Waals surface area contributed by atoms with Crippen LogP contribution in [0.3, 0.4) is 0 Å². The summed E-state index contributed by atoms with van der Waals surface area (Å²) in [5.41, 5.74) is 0.601. The van der Waals surface area contributed by atoms with Gasteiger partial charge in [0.15, 0.2) is 0 Å². The van der Waals surface area contributed by atoms with Crippen molar-refractivity contribution in [3.8, 4) is 0 Å². The third-order valence-electron chi connectivity index (χ3n) is 5.92. The number of nitrogens with zero attached hydrogens (tertiary/aromatic N) is 3. The molecule has 3 amide bonds. The van der Waals surface area contributed by atoms with E-state index in [0.717, 1.165) is 4.90 Å². The van der Waals surface area contributed by atoms with Crippen LogP contribution in [0.1, 0.15) is 34.6 Å². The molecule has 0 aliphatic carbocycles. The predicted octanol–water partition coefficient (Wildman–Crippen LogP) is 1.84. The van der Waals surface area contributed by atoms with E-state index in [9.17, 15) is 22.8 Å². The normalized spacial score (nSPS) is 18.2. The Balaban J connectivity index is 1.51. The number of imide groups is 1. The first-order valence-electron chi connectivity index (χ1n) is 10.5. The molecule has 4 rings (SSSR count). The second kappa shape index (κ2) is 8.48. The Hall–Kier alpha value is -3.04. The maximum atomic E-state index is 13.4. The first-order chi connectivity index (χ1) is 15.2. The lowest BCUT2D eigenvalue weighted by Gasteiger charge is -2.38. The number of sulfonamides is 1. The summed E-state index contributed by atoms with van der Waals surface area (Å²) in [7, 11) is -3.64. The number of carbonyl (C=O) groups is 3. The quantitative estimate of drug-likeness (QED) is 0.641. The Bertz CT molecular complexity index is 1120. The van der Waals surface area contributed by atoms with E-state index in [1.807, 2.05) is 0 Å². The van der Waals surface area contributed by atoms with Gasteiger partial charge in [-0.05, 0) is 30.2 Å². The highest BCUT2D eigenvalue weighted by molar-refractivity contribution is 7.89. The van der Waals surface area contributed by atoms with Gasteiger partial charge in [-0.1, -0.05) is 44.2 Å². The molecule has 0 radical (unpaired) electrons. The number of benzene rings is 2. The molecule has 2 aromatic carbocycles. The Labute approximate surface area is 187 Å². The van der Waals surface area contributed by atoms with Crippen molar-refractivity contribution in [1.82, 2.24) is 14.1 Å². The van der Waals surface area contributed by atoms with E-state index < -0.39 is 27.9 Å². The lowest BCUT2D eigenvalue weighted by molar-refractivity contribution is -0.138. The van der Waals surface area contributed by atoms with Crippen molar-refractivity contribution in [3.05, 3.63) is 65.7 Å². The number of rotatable bonds is 5. The van der Waals surface area contributed by atoms with Gasteiger partial charge in [0, 0.05) is 26.2 Å². The van der Waals surface area contributed by atoms with Gasteiger partial charge < -0.3 is 4.90 Å².